The van der Waals surface area contributed by atoms with Crippen molar-refractivity contribution in [2.45, 2.75) is 124 Å². The SMILES string of the molecule is CC[C@@]1(C)CCC[C@]2(C)[C@H]3C[C@H](OC(C)=O)[C@]4(C)[C@H]5[C@@H](OC)O[C@@H](C)[C@@H]5[C@@H](O)C[C@H]4[C@]3(C)CC[C@@H]12. The highest BCUT2D eigenvalue weighted by Gasteiger charge is 2.73. The lowest BCUT2D eigenvalue weighted by atomic mass is 9.33. The van der Waals surface area contributed by atoms with Gasteiger partial charge in [0, 0.05) is 31.3 Å². The molecule has 1 heterocycles. The normalized spacial score (nSPS) is 57.5. The number of fused-ring (bicyclic) bond motifs is 7. The maximum absolute atomic E-state index is 12.5. The Morgan fingerprint density at radius 2 is 1.71 bits per heavy atom. The molecule has 5 heteroatoms. The summed E-state index contributed by atoms with van der Waals surface area (Å²) in [5, 5.41) is 11.6. The van der Waals surface area contributed by atoms with Gasteiger partial charge in [0.25, 0.3) is 0 Å². The van der Waals surface area contributed by atoms with Gasteiger partial charge in [-0.2, -0.15) is 0 Å². The summed E-state index contributed by atoms with van der Waals surface area (Å²) < 4.78 is 18.5. The second-order valence-corrected chi connectivity index (χ2v) is 14.1. The molecule has 0 aromatic rings. The Bertz CT molecular complexity index is 845. The fourth-order valence-electron chi connectivity index (χ4n) is 11.3. The molecule has 4 saturated carbocycles. The minimum atomic E-state index is -0.417. The van der Waals surface area contributed by atoms with Gasteiger partial charge in [0.05, 0.1) is 12.2 Å². The van der Waals surface area contributed by atoms with Crippen molar-refractivity contribution in [1.82, 2.24) is 0 Å². The number of rotatable bonds is 3. The van der Waals surface area contributed by atoms with Gasteiger partial charge in [-0.05, 0) is 79.4 Å². The van der Waals surface area contributed by atoms with Crippen LogP contribution in [0.4, 0.5) is 0 Å². The minimum Gasteiger partial charge on any atom is -0.462 e. The van der Waals surface area contributed by atoms with Crippen LogP contribution in [-0.4, -0.2) is 42.8 Å². The Labute approximate surface area is 213 Å². The van der Waals surface area contributed by atoms with Crippen LogP contribution in [0.5, 0.6) is 0 Å². The Hall–Kier alpha value is -0.650. The maximum Gasteiger partial charge on any atom is 0.302 e. The van der Waals surface area contributed by atoms with E-state index in [1.807, 2.05) is 0 Å². The Morgan fingerprint density at radius 1 is 1.03 bits per heavy atom. The molecular formula is C30H50O5. The molecule has 1 aliphatic heterocycles. The monoisotopic (exact) mass is 490 g/mol. The van der Waals surface area contributed by atoms with Gasteiger partial charge in [0.15, 0.2) is 6.29 Å². The van der Waals surface area contributed by atoms with E-state index in [1.54, 1.807) is 14.0 Å². The third-order valence-corrected chi connectivity index (χ3v) is 12.9. The molecule has 35 heavy (non-hydrogen) atoms. The number of hydrogen-bond donors (Lipinski definition) is 1. The number of carbonyl (C=O) groups excluding carboxylic acids is 1. The molecule has 0 spiro atoms. The Morgan fingerprint density at radius 3 is 2.34 bits per heavy atom. The van der Waals surface area contributed by atoms with Crippen LogP contribution in [0, 0.1) is 51.2 Å². The van der Waals surface area contributed by atoms with Crippen LogP contribution in [-0.2, 0) is 19.0 Å². The van der Waals surface area contributed by atoms with Gasteiger partial charge in [-0.3, -0.25) is 4.79 Å². The van der Waals surface area contributed by atoms with E-state index in [0.717, 1.165) is 12.8 Å². The van der Waals surface area contributed by atoms with Gasteiger partial charge in [-0.15, -0.1) is 0 Å². The van der Waals surface area contributed by atoms with Crippen molar-refractivity contribution in [1.29, 1.82) is 0 Å². The van der Waals surface area contributed by atoms with E-state index in [-0.39, 0.29) is 58.5 Å². The quantitative estimate of drug-likeness (QED) is 0.494. The Balaban J connectivity index is 1.63. The molecule has 5 nitrogen and oxygen atoms in total. The van der Waals surface area contributed by atoms with Gasteiger partial charge >= 0.3 is 5.97 Å². The average molecular weight is 491 g/mol. The van der Waals surface area contributed by atoms with Crippen LogP contribution in [0.3, 0.4) is 0 Å². The van der Waals surface area contributed by atoms with Crippen LogP contribution in [0.15, 0.2) is 0 Å². The van der Waals surface area contributed by atoms with Crippen molar-refractivity contribution in [2.24, 2.45) is 51.2 Å². The van der Waals surface area contributed by atoms with Crippen LogP contribution < -0.4 is 0 Å². The van der Waals surface area contributed by atoms with Crippen molar-refractivity contribution in [3.05, 3.63) is 0 Å². The van der Waals surface area contributed by atoms with Crippen molar-refractivity contribution in [2.75, 3.05) is 7.11 Å². The average Bonchev–Trinajstić information content (AvgIpc) is 3.14. The summed E-state index contributed by atoms with van der Waals surface area (Å²) in [7, 11) is 1.72. The molecular weight excluding hydrogens is 440 g/mol. The predicted molar refractivity (Wildman–Crippen MR) is 135 cm³/mol. The smallest absolute Gasteiger partial charge is 0.302 e. The molecule has 13 atom stereocenters. The van der Waals surface area contributed by atoms with Crippen LogP contribution in [0.1, 0.15) is 99.8 Å². The summed E-state index contributed by atoms with van der Waals surface area (Å²) in [6.07, 6.45) is 8.21. The van der Waals surface area contributed by atoms with Gasteiger partial charge < -0.3 is 19.3 Å². The maximum atomic E-state index is 12.5. The lowest BCUT2D eigenvalue weighted by molar-refractivity contribution is -0.278. The number of methoxy groups -OCH3 is 1. The summed E-state index contributed by atoms with van der Waals surface area (Å²) in [6.45, 7) is 16.0. The van der Waals surface area contributed by atoms with Crippen molar-refractivity contribution >= 4 is 5.97 Å². The minimum absolute atomic E-state index is 0.00407. The number of ether oxygens (including phenoxy) is 3. The molecule has 200 valence electrons. The molecule has 1 N–H and O–H groups in total. The molecule has 1 saturated heterocycles. The zero-order chi connectivity index (χ0) is 25.6. The zero-order valence-corrected chi connectivity index (χ0v) is 23.4. The molecule has 0 amide bonds. The predicted octanol–water partition coefficient (Wildman–Crippen LogP) is 5.97. The first-order valence-electron chi connectivity index (χ1n) is 14.4. The highest BCUT2D eigenvalue weighted by atomic mass is 16.7. The molecule has 5 aliphatic rings. The van der Waals surface area contributed by atoms with E-state index in [0.29, 0.717) is 17.3 Å². The molecule has 5 rings (SSSR count). The van der Waals surface area contributed by atoms with Crippen LogP contribution in [0.25, 0.3) is 0 Å². The topological polar surface area (TPSA) is 65.0 Å². The van der Waals surface area contributed by atoms with E-state index in [1.165, 1.54) is 38.5 Å². The highest BCUT2D eigenvalue weighted by Crippen LogP contribution is 2.75. The Kier molecular flexibility index (Phi) is 6.26. The fraction of sp³-hybridized carbons (Fsp3) is 0.967. The highest BCUT2D eigenvalue weighted by molar-refractivity contribution is 5.66. The number of carbonyl (C=O) groups is 1. The number of hydrogen-bond acceptors (Lipinski definition) is 5. The van der Waals surface area contributed by atoms with E-state index in [9.17, 15) is 9.90 Å². The third-order valence-electron chi connectivity index (χ3n) is 12.9. The lowest BCUT2D eigenvalue weighted by Crippen LogP contribution is -2.70. The zero-order valence-electron chi connectivity index (χ0n) is 23.4. The number of aliphatic hydroxyl groups is 1. The second kappa shape index (κ2) is 8.43. The van der Waals surface area contributed by atoms with Gasteiger partial charge in [0.1, 0.15) is 6.10 Å². The van der Waals surface area contributed by atoms with E-state index in [4.69, 9.17) is 14.2 Å². The van der Waals surface area contributed by atoms with Crippen LogP contribution >= 0.6 is 0 Å². The molecule has 4 aliphatic carbocycles. The molecule has 0 radical (unpaired) electrons. The molecule has 0 aromatic heterocycles. The first-order chi connectivity index (χ1) is 16.4. The standard InChI is InChI=1S/C30H50O5/c1-9-27(4)12-10-13-28(5)20(27)11-14-29(6)21(28)16-23(35-18(3)31)30(7)22(29)15-19(32)24-17(2)34-26(33-8)25(24)30/h17,19-26,32H,9-16H2,1-8H3/t17-,19-,20-,21+,22-,23-,24+,25+,26-,27-,28-,29+,30+/m0/s1. The summed E-state index contributed by atoms with van der Waals surface area (Å²) in [6, 6.07) is 0. The molecule has 0 aromatic carbocycles. The van der Waals surface area contributed by atoms with Gasteiger partial charge in [-0.25, -0.2) is 0 Å². The number of aliphatic hydroxyl groups excluding tert-OH is 1. The third kappa shape index (κ3) is 3.39. The van der Waals surface area contributed by atoms with E-state index < -0.39 is 6.10 Å². The first kappa shape index (κ1) is 26.0. The number of esters is 1. The van der Waals surface area contributed by atoms with Gasteiger partial charge in [-0.1, -0.05) is 47.5 Å². The van der Waals surface area contributed by atoms with E-state index in [2.05, 4.69) is 41.5 Å². The largest absolute Gasteiger partial charge is 0.462 e. The summed E-state index contributed by atoms with van der Waals surface area (Å²) in [5.74, 6) is 1.26. The van der Waals surface area contributed by atoms with Crippen LogP contribution in [0.2, 0.25) is 0 Å². The summed E-state index contributed by atoms with van der Waals surface area (Å²) >= 11 is 0. The fourth-order valence-corrected chi connectivity index (χ4v) is 11.3. The van der Waals surface area contributed by atoms with Gasteiger partial charge in [0.2, 0.25) is 0 Å². The first-order valence-corrected chi connectivity index (χ1v) is 14.4. The molecule has 0 bridgehead atoms. The summed E-state index contributed by atoms with van der Waals surface area (Å²) in [4.78, 5) is 12.5. The van der Waals surface area contributed by atoms with Crippen molar-refractivity contribution in [3.63, 3.8) is 0 Å². The molecule has 0 unspecified atom stereocenters. The lowest BCUT2D eigenvalue weighted by Gasteiger charge is -2.72. The second-order valence-electron chi connectivity index (χ2n) is 14.1. The molecule has 5 fully saturated rings. The van der Waals surface area contributed by atoms with E-state index >= 15 is 0 Å². The summed E-state index contributed by atoms with van der Waals surface area (Å²) in [5.41, 5.74) is 0.424. The van der Waals surface area contributed by atoms with Crippen molar-refractivity contribution < 1.29 is 24.1 Å². The van der Waals surface area contributed by atoms with Crippen molar-refractivity contribution in [3.8, 4) is 0 Å².